The summed E-state index contributed by atoms with van der Waals surface area (Å²) in [7, 11) is -3.39. The molecule has 1 aromatic rings. The van der Waals surface area contributed by atoms with Crippen LogP contribution in [0.15, 0.2) is 23.4 Å². The van der Waals surface area contributed by atoms with Crippen LogP contribution in [0.1, 0.15) is 6.92 Å². The largest absolute Gasteiger partial charge is 0.505 e. The molecule has 1 aromatic heterocycles. The van der Waals surface area contributed by atoms with Crippen molar-refractivity contribution >= 4 is 9.84 Å². The normalized spacial score (nSPS) is 11.4. The second kappa shape index (κ2) is 3.10. The third kappa shape index (κ3) is 1.55. The fourth-order valence-electron chi connectivity index (χ4n) is 0.759. The van der Waals surface area contributed by atoms with Crippen LogP contribution >= 0.6 is 0 Å². The summed E-state index contributed by atoms with van der Waals surface area (Å²) in [4.78, 5) is 3.58. The average molecular weight is 187 g/mol. The molecule has 1 N–H and O–H groups in total. The van der Waals surface area contributed by atoms with Crippen molar-refractivity contribution in [1.82, 2.24) is 4.98 Å². The van der Waals surface area contributed by atoms with Crippen LogP contribution in [0.4, 0.5) is 0 Å². The van der Waals surface area contributed by atoms with Crippen LogP contribution in [-0.2, 0) is 9.84 Å². The first-order chi connectivity index (χ1) is 5.58. The minimum atomic E-state index is -3.39. The Labute approximate surface area is 70.8 Å². The van der Waals surface area contributed by atoms with E-state index in [9.17, 15) is 8.42 Å². The van der Waals surface area contributed by atoms with Crippen LogP contribution in [-0.4, -0.2) is 24.3 Å². The number of hydrogen-bond donors (Lipinski definition) is 1. The number of pyridine rings is 1. The van der Waals surface area contributed by atoms with Gasteiger partial charge in [-0.1, -0.05) is 6.92 Å². The van der Waals surface area contributed by atoms with Gasteiger partial charge < -0.3 is 5.11 Å². The molecule has 0 unspecified atom stereocenters. The Morgan fingerprint density at radius 1 is 1.58 bits per heavy atom. The molecule has 5 heteroatoms. The monoisotopic (exact) mass is 187 g/mol. The molecular formula is C7H9NO3S. The molecule has 0 amide bonds. The van der Waals surface area contributed by atoms with E-state index in [4.69, 9.17) is 5.11 Å². The Morgan fingerprint density at radius 2 is 2.25 bits per heavy atom. The van der Waals surface area contributed by atoms with Crippen molar-refractivity contribution in [2.24, 2.45) is 0 Å². The molecule has 0 aliphatic carbocycles. The molecule has 0 bridgehead atoms. The maximum absolute atomic E-state index is 11.2. The number of aromatic nitrogens is 1. The van der Waals surface area contributed by atoms with Gasteiger partial charge in [0, 0.05) is 6.20 Å². The Hall–Kier alpha value is -1.10. The SMILES string of the molecule is CCS(=O)(=O)c1ncccc1O. The molecule has 66 valence electrons. The van der Waals surface area contributed by atoms with Crippen LogP contribution in [0.5, 0.6) is 5.75 Å². The number of nitrogens with zero attached hydrogens (tertiary/aromatic N) is 1. The molecule has 1 rings (SSSR count). The quantitative estimate of drug-likeness (QED) is 0.735. The summed E-state index contributed by atoms with van der Waals surface area (Å²) in [5.41, 5.74) is 0. The van der Waals surface area contributed by atoms with Gasteiger partial charge in [-0.15, -0.1) is 0 Å². The molecule has 12 heavy (non-hydrogen) atoms. The van der Waals surface area contributed by atoms with Gasteiger partial charge in [-0.05, 0) is 12.1 Å². The first-order valence-electron chi connectivity index (χ1n) is 3.44. The smallest absolute Gasteiger partial charge is 0.199 e. The molecule has 0 saturated carbocycles. The summed E-state index contributed by atoms with van der Waals surface area (Å²) in [6.07, 6.45) is 1.34. The Balaban J connectivity index is 3.30. The van der Waals surface area contributed by atoms with Gasteiger partial charge in [-0.25, -0.2) is 13.4 Å². The molecule has 1 heterocycles. The molecule has 0 fully saturated rings. The zero-order valence-corrected chi connectivity index (χ0v) is 7.37. The van der Waals surface area contributed by atoms with E-state index >= 15 is 0 Å². The molecule has 0 aliphatic heterocycles. The summed E-state index contributed by atoms with van der Waals surface area (Å²) >= 11 is 0. The van der Waals surface area contributed by atoms with Gasteiger partial charge in [0.05, 0.1) is 5.75 Å². The van der Waals surface area contributed by atoms with E-state index in [0.717, 1.165) is 0 Å². The van der Waals surface area contributed by atoms with Crippen LogP contribution in [0, 0.1) is 0 Å². The fraction of sp³-hybridized carbons (Fsp3) is 0.286. The van der Waals surface area contributed by atoms with Gasteiger partial charge in [0.1, 0.15) is 0 Å². The number of sulfone groups is 1. The van der Waals surface area contributed by atoms with Crippen LogP contribution in [0.2, 0.25) is 0 Å². The van der Waals surface area contributed by atoms with Crippen molar-refractivity contribution < 1.29 is 13.5 Å². The van der Waals surface area contributed by atoms with Crippen molar-refractivity contribution in [3.05, 3.63) is 18.3 Å². The van der Waals surface area contributed by atoms with Gasteiger partial charge in [-0.2, -0.15) is 0 Å². The van der Waals surface area contributed by atoms with E-state index in [0.29, 0.717) is 0 Å². The molecule has 0 radical (unpaired) electrons. The summed E-state index contributed by atoms with van der Waals surface area (Å²) in [6.45, 7) is 1.50. The summed E-state index contributed by atoms with van der Waals surface area (Å²) in [5, 5.41) is 8.89. The molecule has 0 saturated heterocycles. The summed E-state index contributed by atoms with van der Waals surface area (Å²) < 4.78 is 22.4. The van der Waals surface area contributed by atoms with Crippen molar-refractivity contribution in [1.29, 1.82) is 0 Å². The lowest BCUT2D eigenvalue weighted by atomic mass is 10.5. The second-order valence-electron chi connectivity index (χ2n) is 2.23. The predicted molar refractivity (Wildman–Crippen MR) is 43.6 cm³/mol. The average Bonchev–Trinajstić information content (AvgIpc) is 2.05. The van der Waals surface area contributed by atoms with Crippen molar-refractivity contribution in [3.63, 3.8) is 0 Å². The molecular weight excluding hydrogens is 178 g/mol. The van der Waals surface area contributed by atoms with Crippen molar-refractivity contribution in [2.75, 3.05) is 5.75 Å². The lowest BCUT2D eigenvalue weighted by Gasteiger charge is -2.00. The predicted octanol–water partition coefficient (Wildman–Crippen LogP) is 0.581. The van der Waals surface area contributed by atoms with Gasteiger partial charge in [0.15, 0.2) is 20.6 Å². The highest BCUT2D eigenvalue weighted by Crippen LogP contribution is 2.19. The number of rotatable bonds is 2. The van der Waals surface area contributed by atoms with Crippen LogP contribution in [0.3, 0.4) is 0 Å². The third-order valence-corrected chi connectivity index (χ3v) is 3.09. The van der Waals surface area contributed by atoms with E-state index in [-0.39, 0.29) is 16.5 Å². The number of hydrogen-bond acceptors (Lipinski definition) is 4. The van der Waals surface area contributed by atoms with Crippen LogP contribution < -0.4 is 0 Å². The van der Waals surface area contributed by atoms with E-state index in [1.165, 1.54) is 25.3 Å². The van der Waals surface area contributed by atoms with Gasteiger partial charge >= 0.3 is 0 Å². The van der Waals surface area contributed by atoms with Gasteiger partial charge in [0.25, 0.3) is 0 Å². The molecule has 0 aromatic carbocycles. The second-order valence-corrected chi connectivity index (χ2v) is 4.42. The highest BCUT2D eigenvalue weighted by Gasteiger charge is 2.16. The van der Waals surface area contributed by atoms with E-state index < -0.39 is 9.84 Å². The first kappa shape index (κ1) is 8.99. The summed E-state index contributed by atoms with van der Waals surface area (Å²) in [5.74, 6) is -0.350. The highest BCUT2D eigenvalue weighted by atomic mass is 32.2. The highest BCUT2D eigenvalue weighted by molar-refractivity contribution is 7.91. The zero-order valence-electron chi connectivity index (χ0n) is 6.56. The van der Waals surface area contributed by atoms with E-state index in [1.807, 2.05) is 0 Å². The lowest BCUT2D eigenvalue weighted by Crippen LogP contribution is -2.05. The zero-order chi connectivity index (χ0) is 9.19. The first-order valence-corrected chi connectivity index (χ1v) is 5.10. The lowest BCUT2D eigenvalue weighted by molar-refractivity contribution is 0.452. The maximum atomic E-state index is 11.2. The van der Waals surface area contributed by atoms with E-state index in [2.05, 4.69) is 4.98 Å². The van der Waals surface area contributed by atoms with Crippen molar-refractivity contribution in [2.45, 2.75) is 11.9 Å². The third-order valence-electron chi connectivity index (χ3n) is 1.43. The minimum Gasteiger partial charge on any atom is -0.505 e. The fourth-order valence-corrected chi connectivity index (χ4v) is 1.64. The molecule has 0 spiro atoms. The molecule has 0 atom stereocenters. The summed E-state index contributed by atoms with van der Waals surface area (Å²) in [6, 6.07) is 2.78. The Morgan fingerprint density at radius 3 is 2.75 bits per heavy atom. The number of aromatic hydroxyl groups is 1. The molecule has 4 nitrogen and oxygen atoms in total. The van der Waals surface area contributed by atoms with Gasteiger partial charge in [0.2, 0.25) is 0 Å². The Kier molecular flexibility index (Phi) is 2.32. The maximum Gasteiger partial charge on any atom is 0.199 e. The van der Waals surface area contributed by atoms with E-state index in [1.54, 1.807) is 0 Å². The standard InChI is InChI=1S/C7H9NO3S/c1-2-12(10,11)7-6(9)4-3-5-8-7/h3-5,9H,2H2,1H3. The minimum absolute atomic E-state index is 0.0580. The topological polar surface area (TPSA) is 67.3 Å². The van der Waals surface area contributed by atoms with Crippen molar-refractivity contribution in [3.8, 4) is 5.75 Å². The van der Waals surface area contributed by atoms with Crippen LogP contribution in [0.25, 0.3) is 0 Å². The van der Waals surface area contributed by atoms with Gasteiger partial charge in [-0.3, -0.25) is 0 Å². The molecule has 0 aliphatic rings. The Bertz CT molecular complexity index is 372.